The molecule has 0 atom stereocenters. The lowest BCUT2D eigenvalue weighted by atomic mass is 10.1. The highest BCUT2D eigenvalue weighted by atomic mass is 16.5. The van der Waals surface area contributed by atoms with Crippen LogP contribution in [0.1, 0.15) is 48.8 Å². The lowest BCUT2D eigenvalue weighted by molar-refractivity contribution is -0.116. The number of para-hydroxylation sites is 2. The van der Waals surface area contributed by atoms with Gasteiger partial charge in [-0.1, -0.05) is 25.5 Å². The summed E-state index contributed by atoms with van der Waals surface area (Å²) in [4.78, 5) is 17.2. The second-order valence-electron chi connectivity index (χ2n) is 7.06. The summed E-state index contributed by atoms with van der Waals surface area (Å²) >= 11 is 0. The molecule has 0 aliphatic heterocycles. The van der Waals surface area contributed by atoms with E-state index in [1.165, 1.54) is 0 Å². The summed E-state index contributed by atoms with van der Waals surface area (Å²) in [5, 5.41) is 7.47. The topological polar surface area (TPSA) is 68.5 Å². The van der Waals surface area contributed by atoms with E-state index in [4.69, 9.17) is 4.74 Å². The minimum absolute atomic E-state index is 0.0397. The van der Waals surface area contributed by atoms with E-state index in [1.807, 2.05) is 55.6 Å². The van der Waals surface area contributed by atoms with E-state index in [0.29, 0.717) is 30.9 Å². The Morgan fingerprint density at radius 3 is 2.79 bits per heavy atom. The number of anilines is 1. The van der Waals surface area contributed by atoms with E-state index in [9.17, 15) is 4.79 Å². The Kier molecular flexibility index (Phi) is 6.29. The zero-order valence-corrected chi connectivity index (χ0v) is 17.1. The summed E-state index contributed by atoms with van der Waals surface area (Å²) < 4.78 is 7.65. The number of rotatable bonds is 8. The van der Waals surface area contributed by atoms with Crippen molar-refractivity contribution >= 4 is 17.2 Å². The van der Waals surface area contributed by atoms with E-state index in [2.05, 4.69) is 22.3 Å². The van der Waals surface area contributed by atoms with Crippen molar-refractivity contribution in [2.45, 2.75) is 53.4 Å². The van der Waals surface area contributed by atoms with E-state index >= 15 is 0 Å². The summed E-state index contributed by atoms with van der Waals surface area (Å²) in [7, 11) is 0. The van der Waals surface area contributed by atoms with Gasteiger partial charge in [-0.05, 0) is 51.3 Å². The van der Waals surface area contributed by atoms with Crippen LogP contribution in [0.3, 0.4) is 0 Å². The number of aromatic nitrogens is 3. The average Bonchev–Trinajstić information content (AvgIpc) is 3.03. The number of hydrogen-bond donors (Lipinski definition) is 1. The number of carbonyl (C=O) groups is 1. The second kappa shape index (κ2) is 8.87. The Hall–Kier alpha value is -2.89. The van der Waals surface area contributed by atoms with Crippen LogP contribution < -0.4 is 10.1 Å². The third kappa shape index (κ3) is 4.50. The molecular formula is C22H28N4O2. The lowest BCUT2D eigenvalue weighted by Crippen LogP contribution is -2.15. The number of ether oxygens (including phenoxy) is 1. The van der Waals surface area contributed by atoms with Gasteiger partial charge in [0.25, 0.3) is 0 Å². The van der Waals surface area contributed by atoms with Crippen LogP contribution in [0.15, 0.2) is 30.3 Å². The van der Waals surface area contributed by atoms with Crippen LogP contribution in [0.5, 0.6) is 5.75 Å². The van der Waals surface area contributed by atoms with E-state index in [1.54, 1.807) is 0 Å². The Morgan fingerprint density at radius 2 is 2.00 bits per heavy atom. The molecule has 6 nitrogen and oxygen atoms in total. The molecular weight excluding hydrogens is 352 g/mol. The molecule has 2 aromatic heterocycles. The van der Waals surface area contributed by atoms with Crippen molar-refractivity contribution in [1.82, 2.24) is 14.6 Å². The molecule has 0 saturated carbocycles. The minimum atomic E-state index is -0.0397. The van der Waals surface area contributed by atoms with Crippen molar-refractivity contribution in [3.8, 4) is 5.75 Å². The predicted molar refractivity (Wildman–Crippen MR) is 111 cm³/mol. The Labute approximate surface area is 165 Å². The van der Waals surface area contributed by atoms with Gasteiger partial charge in [-0.2, -0.15) is 5.10 Å². The van der Waals surface area contributed by atoms with Crippen molar-refractivity contribution in [3.05, 3.63) is 53.0 Å². The van der Waals surface area contributed by atoms with E-state index in [0.717, 1.165) is 41.1 Å². The molecule has 0 radical (unpaired) electrons. The summed E-state index contributed by atoms with van der Waals surface area (Å²) in [5.41, 5.74) is 5.54. The molecule has 0 aliphatic rings. The number of unbranched alkanes of at least 4 members (excludes halogenated alkanes) is 1. The molecule has 0 fully saturated rings. The Morgan fingerprint density at radius 1 is 1.21 bits per heavy atom. The van der Waals surface area contributed by atoms with E-state index < -0.39 is 0 Å². The van der Waals surface area contributed by atoms with Gasteiger partial charge in [0.2, 0.25) is 5.91 Å². The molecule has 6 heteroatoms. The lowest BCUT2D eigenvalue weighted by Gasteiger charge is -2.13. The molecule has 2 heterocycles. The third-order valence-electron chi connectivity index (χ3n) is 4.80. The first-order valence-corrected chi connectivity index (χ1v) is 9.83. The quantitative estimate of drug-likeness (QED) is 0.588. The fourth-order valence-electron chi connectivity index (χ4n) is 3.28. The summed E-state index contributed by atoms with van der Waals surface area (Å²) in [5.74, 6) is 0.675. The molecule has 1 aromatic carbocycles. The number of benzene rings is 1. The molecule has 0 unspecified atom stereocenters. The van der Waals surface area contributed by atoms with Crippen LogP contribution in [0.2, 0.25) is 0 Å². The van der Waals surface area contributed by atoms with Crippen LogP contribution in [0.4, 0.5) is 5.69 Å². The van der Waals surface area contributed by atoms with Crippen molar-refractivity contribution < 1.29 is 9.53 Å². The number of fused-ring (bicyclic) bond motifs is 1. The van der Waals surface area contributed by atoms with Crippen LogP contribution in [-0.2, 0) is 11.2 Å². The number of carbonyl (C=O) groups excluding carboxylic acids is 1. The molecule has 0 aliphatic carbocycles. The fourth-order valence-corrected chi connectivity index (χ4v) is 3.28. The van der Waals surface area contributed by atoms with Gasteiger partial charge >= 0.3 is 0 Å². The SMILES string of the molecule is CCCCOc1ccccc1NC(=O)CCc1c(C)nc2cc(C)nn2c1C. The highest BCUT2D eigenvalue weighted by molar-refractivity contribution is 5.92. The molecule has 1 amide bonds. The molecule has 28 heavy (non-hydrogen) atoms. The largest absolute Gasteiger partial charge is 0.491 e. The maximum atomic E-state index is 12.5. The van der Waals surface area contributed by atoms with Crippen molar-refractivity contribution in [3.63, 3.8) is 0 Å². The molecule has 0 bridgehead atoms. The van der Waals surface area contributed by atoms with Crippen molar-refractivity contribution in [1.29, 1.82) is 0 Å². The highest BCUT2D eigenvalue weighted by Crippen LogP contribution is 2.24. The standard InChI is InChI=1S/C22H28N4O2/c1-5-6-13-28-20-10-8-7-9-19(20)24-22(27)12-11-18-16(3)23-21-14-15(2)25-26(21)17(18)4/h7-10,14H,5-6,11-13H2,1-4H3,(H,24,27). The van der Waals surface area contributed by atoms with E-state index in [-0.39, 0.29) is 5.91 Å². The molecule has 3 aromatic rings. The van der Waals surface area contributed by atoms with Gasteiger partial charge < -0.3 is 10.1 Å². The molecule has 0 saturated heterocycles. The highest BCUT2D eigenvalue weighted by Gasteiger charge is 2.14. The Bertz CT molecular complexity index is 978. The number of nitrogens with zero attached hydrogens (tertiary/aromatic N) is 3. The third-order valence-corrected chi connectivity index (χ3v) is 4.80. The summed E-state index contributed by atoms with van der Waals surface area (Å²) in [6, 6.07) is 9.53. The maximum absolute atomic E-state index is 12.5. The number of amides is 1. The molecule has 0 spiro atoms. The first-order chi connectivity index (χ1) is 13.5. The van der Waals surface area contributed by atoms with Crippen LogP contribution >= 0.6 is 0 Å². The predicted octanol–water partition coefficient (Wildman–Crippen LogP) is 4.40. The van der Waals surface area contributed by atoms with Gasteiger partial charge in [0.05, 0.1) is 18.0 Å². The van der Waals surface area contributed by atoms with Gasteiger partial charge in [0, 0.05) is 23.9 Å². The molecule has 1 N–H and O–H groups in total. The smallest absolute Gasteiger partial charge is 0.224 e. The number of nitrogens with one attached hydrogen (secondary N) is 1. The first kappa shape index (κ1) is 19.9. The van der Waals surface area contributed by atoms with Crippen LogP contribution in [0.25, 0.3) is 5.65 Å². The number of hydrogen-bond acceptors (Lipinski definition) is 4. The maximum Gasteiger partial charge on any atom is 0.224 e. The normalized spacial score (nSPS) is 11.0. The number of aryl methyl sites for hydroxylation is 3. The molecule has 148 valence electrons. The van der Waals surface area contributed by atoms with Gasteiger partial charge in [0.15, 0.2) is 5.65 Å². The first-order valence-electron chi connectivity index (χ1n) is 9.83. The molecule has 3 rings (SSSR count). The monoisotopic (exact) mass is 380 g/mol. The van der Waals surface area contributed by atoms with Crippen molar-refractivity contribution in [2.75, 3.05) is 11.9 Å². The minimum Gasteiger partial charge on any atom is -0.491 e. The zero-order valence-electron chi connectivity index (χ0n) is 17.1. The fraction of sp³-hybridized carbons (Fsp3) is 0.409. The average molecular weight is 380 g/mol. The zero-order chi connectivity index (χ0) is 20.1. The van der Waals surface area contributed by atoms with Crippen LogP contribution in [0, 0.1) is 20.8 Å². The van der Waals surface area contributed by atoms with Crippen LogP contribution in [-0.4, -0.2) is 27.1 Å². The summed E-state index contributed by atoms with van der Waals surface area (Å²) in [6.07, 6.45) is 3.05. The van der Waals surface area contributed by atoms with Crippen molar-refractivity contribution in [2.24, 2.45) is 0 Å². The van der Waals surface area contributed by atoms with Gasteiger partial charge in [-0.15, -0.1) is 0 Å². The van der Waals surface area contributed by atoms with Gasteiger partial charge in [-0.3, -0.25) is 4.79 Å². The summed E-state index contributed by atoms with van der Waals surface area (Å²) in [6.45, 7) is 8.74. The Balaban J connectivity index is 1.68. The second-order valence-corrected chi connectivity index (χ2v) is 7.06. The van der Waals surface area contributed by atoms with Gasteiger partial charge in [0.1, 0.15) is 5.75 Å². The van der Waals surface area contributed by atoms with Gasteiger partial charge in [-0.25, -0.2) is 9.50 Å².